The Bertz CT molecular complexity index is 550. The van der Waals surface area contributed by atoms with Crippen molar-refractivity contribution in [1.82, 2.24) is 9.80 Å². The molecule has 0 unspecified atom stereocenters. The maximum Gasteiger partial charge on any atom is 0.227 e. The summed E-state index contributed by atoms with van der Waals surface area (Å²) in [4.78, 5) is 27.8. The number of carbonyl (C=O) groups excluding carboxylic acids is 2. The second-order valence-corrected chi connectivity index (χ2v) is 7.24. The van der Waals surface area contributed by atoms with Crippen molar-refractivity contribution >= 4 is 11.8 Å². The number of rotatable bonds is 3. The van der Waals surface area contributed by atoms with Crippen LogP contribution in [0.3, 0.4) is 0 Å². The van der Waals surface area contributed by atoms with Gasteiger partial charge in [0.1, 0.15) is 0 Å². The van der Waals surface area contributed by atoms with E-state index >= 15 is 0 Å². The first-order chi connectivity index (χ1) is 10.8. The van der Waals surface area contributed by atoms with E-state index in [4.69, 9.17) is 0 Å². The van der Waals surface area contributed by atoms with E-state index in [-0.39, 0.29) is 17.2 Å². The van der Waals surface area contributed by atoms with Crippen molar-refractivity contribution in [1.29, 1.82) is 0 Å². The molecule has 0 aliphatic carbocycles. The Morgan fingerprint density at radius 1 is 0.913 bits per heavy atom. The average molecular weight is 316 g/mol. The molecule has 1 aromatic rings. The van der Waals surface area contributed by atoms with Gasteiger partial charge in [0.15, 0.2) is 0 Å². The van der Waals surface area contributed by atoms with E-state index in [1.807, 2.05) is 16.7 Å². The Morgan fingerprint density at radius 2 is 1.39 bits per heavy atom. The highest BCUT2D eigenvalue weighted by Crippen LogP contribution is 2.22. The highest BCUT2D eigenvalue weighted by atomic mass is 16.2. The van der Waals surface area contributed by atoms with Crippen LogP contribution < -0.4 is 0 Å². The average Bonchev–Trinajstić information content (AvgIpc) is 2.54. The molecule has 4 heteroatoms. The van der Waals surface area contributed by atoms with E-state index in [0.29, 0.717) is 39.0 Å². The molecule has 0 bridgehead atoms. The Labute approximate surface area is 139 Å². The fourth-order valence-electron chi connectivity index (χ4n) is 2.84. The number of hydrogen-bond acceptors (Lipinski definition) is 2. The summed E-state index contributed by atoms with van der Waals surface area (Å²) in [5.74, 6) is 0.326. The maximum atomic E-state index is 12.4. The second kappa shape index (κ2) is 7.16. The molecule has 1 saturated heterocycles. The van der Waals surface area contributed by atoms with Crippen molar-refractivity contribution in [2.75, 3.05) is 26.2 Å². The zero-order valence-electron chi connectivity index (χ0n) is 14.8. The minimum atomic E-state index is 0.130. The van der Waals surface area contributed by atoms with Crippen molar-refractivity contribution in [3.8, 4) is 0 Å². The Balaban J connectivity index is 1.89. The molecule has 0 atom stereocenters. The fraction of sp³-hybridized carbons (Fsp3) is 0.579. The first-order valence-electron chi connectivity index (χ1n) is 8.46. The smallest absolute Gasteiger partial charge is 0.227 e. The number of nitrogens with zero attached hydrogens (tertiary/aromatic N) is 2. The van der Waals surface area contributed by atoms with Crippen LogP contribution in [0.5, 0.6) is 0 Å². The summed E-state index contributed by atoms with van der Waals surface area (Å²) in [5.41, 5.74) is 2.46. The van der Waals surface area contributed by atoms with Gasteiger partial charge in [0.2, 0.25) is 11.8 Å². The maximum absolute atomic E-state index is 12.4. The van der Waals surface area contributed by atoms with Crippen LogP contribution in [0.15, 0.2) is 24.3 Å². The lowest BCUT2D eigenvalue weighted by molar-refractivity contribution is -0.139. The molecule has 1 aliphatic heterocycles. The minimum Gasteiger partial charge on any atom is -0.339 e. The zero-order valence-corrected chi connectivity index (χ0v) is 14.8. The molecule has 126 valence electrons. The van der Waals surface area contributed by atoms with Gasteiger partial charge in [-0.25, -0.2) is 0 Å². The number of amides is 2. The quantitative estimate of drug-likeness (QED) is 0.860. The first-order valence-corrected chi connectivity index (χ1v) is 8.46. The fourth-order valence-corrected chi connectivity index (χ4v) is 2.84. The van der Waals surface area contributed by atoms with Gasteiger partial charge < -0.3 is 9.80 Å². The molecule has 1 aliphatic rings. The van der Waals surface area contributed by atoms with Crippen LogP contribution in [0.1, 0.15) is 45.2 Å². The van der Waals surface area contributed by atoms with Gasteiger partial charge in [-0.3, -0.25) is 9.59 Å². The molecule has 1 aromatic carbocycles. The van der Waals surface area contributed by atoms with Gasteiger partial charge in [0.05, 0.1) is 6.42 Å². The summed E-state index contributed by atoms with van der Waals surface area (Å²) in [6, 6.07) is 8.33. The third-order valence-corrected chi connectivity index (χ3v) is 4.46. The highest BCUT2D eigenvalue weighted by Gasteiger charge is 2.23. The van der Waals surface area contributed by atoms with Crippen LogP contribution in [0, 0.1) is 0 Å². The van der Waals surface area contributed by atoms with Gasteiger partial charge in [-0.15, -0.1) is 0 Å². The third kappa shape index (κ3) is 4.57. The van der Waals surface area contributed by atoms with Crippen LogP contribution in [0.2, 0.25) is 0 Å². The van der Waals surface area contributed by atoms with Crippen LogP contribution in [-0.2, 0) is 21.4 Å². The third-order valence-electron chi connectivity index (χ3n) is 4.46. The van der Waals surface area contributed by atoms with Crippen molar-refractivity contribution in [3.63, 3.8) is 0 Å². The van der Waals surface area contributed by atoms with Gasteiger partial charge >= 0.3 is 0 Å². The van der Waals surface area contributed by atoms with E-state index in [9.17, 15) is 9.59 Å². The van der Waals surface area contributed by atoms with Gasteiger partial charge in [-0.05, 0) is 16.5 Å². The summed E-state index contributed by atoms with van der Waals surface area (Å²) in [5, 5.41) is 0. The summed E-state index contributed by atoms with van der Waals surface area (Å²) in [6.07, 6.45) is 0.972. The number of hydrogen-bond donors (Lipinski definition) is 0. The lowest BCUT2D eigenvalue weighted by atomic mass is 9.86. The van der Waals surface area contributed by atoms with Gasteiger partial charge in [0, 0.05) is 32.6 Å². The molecule has 1 heterocycles. The van der Waals surface area contributed by atoms with Gasteiger partial charge in [0.25, 0.3) is 0 Å². The van der Waals surface area contributed by atoms with E-state index in [1.165, 1.54) is 5.56 Å². The molecule has 2 rings (SSSR count). The van der Waals surface area contributed by atoms with Crippen LogP contribution in [0.4, 0.5) is 0 Å². The van der Waals surface area contributed by atoms with Crippen LogP contribution in [-0.4, -0.2) is 47.8 Å². The van der Waals surface area contributed by atoms with E-state index < -0.39 is 0 Å². The largest absolute Gasteiger partial charge is 0.339 e. The summed E-state index contributed by atoms with van der Waals surface area (Å²) < 4.78 is 0. The van der Waals surface area contributed by atoms with E-state index in [1.54, 1.807) is 0 Å². The summed E-state index contributed by atoms with van der Waals surface area (Å²) >= 11 is 0. The molecule has 0 aromatic heterocycles. The molecule has 2 amide bonds. The first kappa shape index (κ1) is 17.5. The molecule has 23 heavy (non-hydrogen) atoms. The number of piperazine rings is 1. The molecule has 0 N–H and O–H groups in total. The van der Waals surface area contributed by atoms with E-state index in [0.717, 1.165) is 5.56 Å². The Morgan fingerprint density at radius 3 is 1.83 bits per heavy atom. The van der Waals surface area contributed by atoms with Crippen LogP contribution >= 0.6 is 0 Å². The second-order valence-electron chi connectivity index (χ2n) is 7.24. The zero-order chi connectivity index (χ0) is 17.0. The molecule has 1 fully saturated rings. The van der Waals surface area contributed by atoms with Crippen molar-refractivity contribution in [2.24, 2.45) is 0 Å². The van der Waals surface area contributed by atoms with Gasteiger partial charge in [-0.2, -0.15) is 0 Å². The molecular formula is C19H28N2O2. The summed E-state index contributed by atoms with van der Waals surface area (Å²) in [7, 11) is 0. The van der Waals surface area contributed by atoms with Crippen molar-refractivity contribution in [3.05, 3.63) is 35.4 Å². The van der Waals surface area contributed by atoms with Gasteiger partial charge in [-0.1, -0.05) is 52.0 Å². The predicted octanol–water partition coefficient (Wildman–Crippen LogP) is 2.61. The van der Waals surface area contributed by atoms with Crippen molar-refractivity contribution < 1.29 is 9.59 Å². The predicted molar refractivity (Wildman–Crippen MR) is 92.3 cm³/mol. The van der Waals surface area contributed by atoms with Crippen molar-refractivity contribution in [2.45, 2.75) is 46.0 Å². The van der Waals surface area contributed by atoms with E-state index in [2.05, 4.69) is 45.0 Å². The molecule has 0 saturated carbocycles. The number of carbonyl (C=O) groups is 2. The lowest BCUT2D eigenvalue weighted by Gasteiger charge is -2.34. The molecule has 0 spiro atoms. The van der Waals surface area contributed by atoms with Crippen LogP contribution in [0.25, 0.3) is 0 Å². The highest BCUT2D eigenvalue weighted by molar-refractivity contribution is 5.80. The topological polar surface area (TPSA) is 40.6 Å². The normalized spacial score (nSPS) is 15.7. The number of benzene rings is 1. The monoisotopic (exact) mass is 316 g/mol. The minimum absolute atomic E-state index is 0.130. The standard InChI is InChI=1S/C19H28N2O2/c1-5-17(22)20-10-12-21(13-11-20)18(23)14-15-6-8-16(9-7-15)19(2,3)4/h6-9H,5,10-14H2,1-4H3. The Kier molecular flexibility index (Phi) is 5.45. The molecule has 0 radical (unpaired) electrons. The Hall–Kier alpha value is -1.84. The summed E-state index contributed by atoms with van der Waals surface area (Å²) in [6.45, 7) is 11.0. The lowest BCUT2D eigenvalue weighted by Crippen LogP contribution is -2.50. The SMILES string of the molecule is CCC(=O)N1CCN(C(=O)Cc2ccc(C(C)(C)C)cc2)CC1. The molecular weight excluding hydrogens is 288 g/mol. The molecule has 4 nitrogen and oxygen atoms in total.